The van der Waals surface area contributed by atoms with Crippen molar-refractivity contribution in [3.8, 4) is 11.5 Å². The molecule has 0 amide bonds. The van der Waals surface area contributed by atoms with Crippen molar-refractivity contribution in [2.24, 2.45) is 0 Å². The van der Waals surface area contributed by atoms with Crippen molar-refractivity contribution < 1.29 is 23.9 Å². The monoisotopic (exact) mass is 372 g/mol. The highest BCUT2D eigenvalue weighted by molar-refractivity contribution is 6.29. The third-order valence-electron chi connectivity index (χ3n) is 4.52. The van der Waals surface area contributed by atoms with Crippen LogP contribution in [0.4, 0.5) is 0 Å². The maximum absolute atomic E-state index is 12.9. The van der Waals surface area contributed by atoms with Crippen molar-refractivity contribution in [1.82, 2.24) is 0 Å². The van der Waals surface area contributed by atoms with Crippen LogP contribution in [0.15, 0.2) is 66.7 Å². The first-order valence-corrected chi connectivity index (χ1v) is 8.86. The summed E-state index contributed by atoms with van der Waals surface area (Å²) >= 11 is 0. The minimum absolute atomic E-state index is 0.0734. The summed E-state index contributed by atoms with van der Waals surface area (Å²) < 4.78 is 10.8. The fraction of sp³-hybridized carbons (Fsp3) is 0.0870. The summed E-state index contributed by atoms with van der Waals surface area (Å²) in [5.41, 5.74) is 1.33. The van der Waals surface area contributed by atoms with Gasteiger partial charge in [0.25, 0.3) is 0 Å². The first kappa shape index (κ1) is 17.7. The van der Waals surface area contributed by atoms with E-state index in [4.69, 9.17) is 9.47 Å². The van der Waals surface area contributed by atoms with Crippen LogP contribution in [0.2, 0.25) is 0 Å². The number of rotatable bonds is 4. The van der Waals surface area contributed by atoms with Crippen LogP contribution >= 0.6 is 0 Å². The third kappa shape index (κ3) is 2.97. The normalized spacial score (nSPS) is 12.2. The third-order valence-corrected chi connectivity index (χ3v) is 4.52. The molecule has 1 aliphatic rings. The SMILES string of the molecule is CCOc1ccc(C(=O)Oc2cccc3c2C(=O)c2ccccc2C3=O)cc1. The van der Waals surface area contributed by atoms with Gasteiger partial charge in [0.1, 0.15) is 11.5 Å². The predicted molar refractivity (Wildman–Crippen MR) is 102 cm³/mol. The highest BCUT2D eigenvalue weighted by Gasteiger charge is 2.32. The highest BCUT2D eigenvalue weighted by Crippen LogP contribution is 2.33. The summed E-state index contributed by atoms with van der Waals surface area (Å²) in [5, 5.41) is 0. The van der Waals surface area contributed by atoms with Gasteiger partial charge < -0.3 is 9.47 Å². The number of hydrogen-bond acceptors (Lipinski definition) is 5. The van der Waals surface area contributed by atoms with Crippen LogP contribution < -0.4 is 9.47 Å². The summed E-state index contributed by atoms with van der Waals surface area (Å²) in [6, 6.07) is 17.8. The fourth-order valence-corrected chi connectivity index (χ4v) is 3.21. The lowest BCUT2D eigenvalue weighted by molar-refractivity contribution is 0.0731. The zero-order chi connectivity index (χ0) is 19.7. The zero-order valence-electron chi connectivity index (χ0n) is 15.1. The van der Waals surface area contributed by atoms with Crippen molar-refractivity contribution in [2.75, 3.05) is 6.61 Å². The van der Waals surface area contributed by atoms with Crippen LogP contribution in [0, 0.1) is 0 Å². The number of carbonyl (C=O) groups excluding carboxylic acids is 3. The van der Waals surface area contributed by atoms with Crippen LogP contribution in [-0.4, -0.2) is 24.1 Å². The maximum Gasteiger partial charge on any atom is 0.343 e. The molecular formula is C23H16O5. The van der Waals surface area contributed by atoms with Gasteiger partial charge in [-0.25, -0.2) is 4.79 Å². The molecule has 0 N–H and O–H groups in total. The Bertz CT molecular complexity index is 1100. The van der Waals surface area contributed by atoms with Crippen molar-refractivity contribution in [2.45, 2.75) is 6.92 Å². The lowest BCUT2D eigenvalue weighted by Gasteiger charge is -2.19. The Morgan fingerprint density at radius 3 is 2.11 bits per heavy atom. The average Bonchev–Trinajstić information content (AvgIpc) is 2.72. The second kappa shape index (κ2) is 7.12. The van der Waals surface area contributed by atoms with E-state index in [0.717, 1.165) is 0 Å². The number of hydrogen-bond donors (Lipinski definition) is 0. The van der Waals surface area contributed by atoms with E-state index in [1.807, 2.05) is 6.92 Å². The van der Waals surface area contributed by atoms with Crippen molar-refractivity contribution in [3.63, 3.8) is 0 Å². The second-order valence-corrected chi connectivity index (χ2v) is 6.23. The van der Waals surface area contributed by atoms with E-state index in [1.54, 1.807) is 60.7 Å². The topological polar surface area (TPSA) is 69.7 Å². The second-order valence-electron chi connectivity index (χ2n) is 6.23. The Kier molecular flexibility index (Phi) is 4.49. The Labute approximate surface area is 161 Å². The largest absolute Gasteiger partial charge is 0.494 e. The molecule has 3 aromatic rings. The number of benzene rings is 3. The molecule has 0 fully saturated rings. The highest BCUT2D eigenvalue weighted by atomic mass is 16.5. The van der Waals surface area contributed by atoms with Crippen LogP contribution in [0.1, 0.15) is 49.1 Å². The van der Waals surface area contributed by atoms with Gasteiger partial charge in [0.2, 0.25) is 0 Å². The lowest BCUT2D eigenvalue weighted by Crippen LogP contribution is -2.22. The maximum atomic E-state index is 12.9. The molecule has 3 aromatic carbocycles. The van der Waals surface area contributed by atoms with Crippen LogP contribution in [0.25, 0.3) is 0 Å². The summed E-state index contributed by atoms with van der Waals surface area (Å²) in [5.74, 6) is -0.488. The zero-order valence-corrected chi connectivity index (χ0v) is 15.1. The number of ether oxygens (including phenoxy) is 2. The average molecular weight is 372 g/mol. The van der Waals surface area contributed by atoms with E-state index >= 15 is 0 Å². The van der Waals surface area contributed by atoms with Crippen molar-refractivity contribution in [3.05, 3.63) is 94.5 Å². The number of esters is 1. The molecule has 0 saturated heterocycles. The molecule has 0 heterocycles. The van der Waals surface area contributed by atoms with Gasteiger partial charge in [-0.3, -0.25) is 9.59 Å². The first-order valence-electron chi connectivity index (χ1n) is 8.86. The van der Waals surface area contributed by atoms with Gasteiger partial charge in [-0.2, -0.15) is 0 Å². The smallest absolute Gasteiger partial charge is 0.343 e. The molecule has 0 aliphatic heterocycles. The molecule has 0 radical (unpaired) electrons. The molecule has 5 heteroatoms. The van der Waals surface area contributed by atoms with Crippen LogP contribution in [0.5, 0.6) is 11.5 Å². The van der Waals surface area contributed by atoms with Gasteiger partial charge in [-0.05, 0) is 37.3 Å². The lowest BCUT2D eigenvalue weighted by atomic mass is 9.83. The van der Waals surface area contributed by atoms with E-state index in [1.165, 1.54) is 6.07 Å². The minimum atomic E-state index is -0.615. The Hall–Kier alpha value is -3.73. The molecule has 0 bridgehead atoms. The molecular weight excluding hydrogens is 356 g/mol. The standard InChI is InChI=1S/C23H16O5/c1-2-27-15-12-10-14(11-13-15)23(26)28-19-9-5-8-18-20(19)22(25)17-7-4-3-6-16(17)21(18)24/h3-13H,2H2,1H3. The van der Waals surface area contributed by atoms with Crippen LogP contribution in [-0.2, 0) is 0 Å². The molecule has 28 heavy (non-hydrogen) atoms. The van der Waals surface area contributed by atoms with Crippen molar-refractivity contribution >= 4 is 17.5 Å². The van der Waals surface area contributed by atoms with E-state index in [9.17, 15) is 14.4 Å². The van der Waals surface area contributed by atoms with Crippen LogP contribution in [0.3, 0.4) is 0 Å². The van der Waals surface area contributed by atoms with Gasteiger partial charge in [0.15, 0.2) is 11.6 Å². The van der Waals surface area contributed by atoms with Gasteiger partial charge in [-0.15, -0.1) is 0 Å². The molecule has 0 saturated carbocycles. The Balaban J connectivity index is 1.68. The van der Waals surface area contributed by atoms with Gasteiger partial charge in [-0.1, -0.05) is 36.4 Å². The molecule has 0 spiro atoms. The molecule has 0 unspecified atom stereocenters. The minimum Gasteiger partial charge on any atom is -0.494 e. The quantitative estimate of drug-likeness (QED) is 0.399. The van der Waals surface area contributed by atoms with E-state index in [-0.39, 0.29) is 28.4 Å². The van der Waals surface area contributed by atoms with E-state index in [0.29, 0.717) is 29.0 Å². The van der Waals surface area contributed by atoms with Gasteiger partial charge in [0, 0.05) is 16.7 Å². The summed E-state index contributed by atoms with van der Waals surface area (Å²) in [6.07, 6.45) is 0. The number of carbonyl (C=O) groups is 3. The molecule has 4 rings (SSSR count). The summed E-state index contributed by atoms with van der Waals surface area (Å²) in [7, 11) is 0. The molecule has 5 nitrogen and oxygen atoms in total. The molecule has 138 valence electrons. The molecule has 1 aliphatic carbocycles. The fourth-order valence-electron chi connectivity index (χ4n) is 3.21. The first-order chi connectivity index (χ1) is 13.6. The van der Waals surface area contributed by atoms with E-state index in [2.05, 4.69) is 0 Å². The Morgan fingerprint density at radius 1 is 0.786 bits per heavy atom. The molecule has 0 aromatic heterocycles. The Morgan fingerprint density at radius 2 is 1.43 bits per heavy atom. The predicted octanol–water partition coefficient (Wildman–Crippen LogP) is 4.08. The van der Waals surface area contributed by atoms with Gasteiger partial charge >= 0.3 is 5.97 Å². The van der Waals surface area contributed by atoms with Gasteiger partial charge in [0.05, 0.1) is 17.7 Å². The summed E-state index contributed by atoms with van der Waals surface area (Å²) in [6.45, 7) is 2.40. The van der Waals surface area contributed by atoms with Crippen molar-refractivity contribution in [1.29, 1.82) is 0 Å². The van der Waals surface area contributed by atoms with E-state index < -0.39 is 5.97 Å². The number of fused-ring (bicyclic) bond motifs is 2. The number of ketones is 2. The summed E-state index contributed by atoms with van der Waals surface area (Å²) in [4.78, 5) is 38.2. The molecule has 0 atom stereocenters.